The average Bonchev–Trinajstić information content (AvgIpc) is 3.22. The zero-order valence-corrected chi connectivity index (χ0v) is 16.4. The van der Waals surface area contributed by atoms with E-state index in [0.29, 0.717) is 17.7 Å². The molecule has 5 heteroatoms. The van der Waals surface area contributed by atoms with Crippen LogP contribution >= 0.6 is 22.6 Å². The first-order chi connectivity index (χ1) is 11.5. The SMILES string of the molecule is CC(C)N1CCC(CNC(=O)c2cccn2-c2cccc(I)c2)C1. The maximum absolute atomic E-state index is 12.6. The molecule has 1 aliphatic heterocycles. The summed E-state index contributed by atoms with van der Waals surface area (Å²) in [5.74, 6) is 0.555. The van der Waals surface area contributed by atoms with Crippen LogP contribution in [0.2, 0.25) is 0 Å². The predicted octanol–water partition coefficient (Wildman–Crippen LogP) is 3.54. The third-order valence-corrected chi connectivity index (χ3v) is 5.34. The molecule has 2 aromatic rings. The maximum atomic E-state index is 12.6. The average molecular weight is 437 g/mol. The number of hydrogen-bond donors (Lipinski definition) is 1. The number of benzene rings is 1. The lowest BCUT2D eigenvalue weighted by Gasteiger charge is -2.20. The zero-order valence-electron chi connectivity index (χ0n) is 14.2. The molecular formula is C19H24IN3O. The van der Waals surface area contributed by atoms with E-state index in [2.05, 4.69) is 52.7 Å². The number of carbonyl (C=O) groups excluding carboxylic acids is 1. The van der Waals surface area contributed by atoms with Gasteiger partial charge in [-0.05, 0) is 85.7 Å². The second-order valence-corrected chi connectivity index (χ2v) is 7.94. The second kappa shape index (κ2) is 7.70. The van der Waals surface area contributed by atoms with Gasteiger partial charge in [0.1, 0.15) is 5.69 Å². The van der Waals surface area contributed by atoms with Gasteiger partial charge in [0.2, 0.25) is 0 Å². The molecular weight excluding hydrogens is 413 g/mol. The van der Waals surface area contributed by atoms with Crippen LogP contribution in [0.3, 0.4) is 0 Å². The quantitative estimate of drug-likeness (QED) is 0.727. The molecule has 128 valence electrons. The van der Waals surface area contributed by atoms with Crippen LogP contribution in [0.25, 0.3) is 5.69 Å². The molecule has 0 aliphatic carbocycles. The van der Waals surface area contributed by atoms with Crippen molar-refractivity contribution in [3.8, 4) is 5.69 Å². The summed E-state index contributed by atoms with van der Waals surface area (Å²) in [7, 11) is 0. The lowest BCUT2D eigenvalue weighted by molar-refractivity contribution is 0.0940. The summed E-state index contributed by atoms with van der Waals surface area (Å²) in [4.78, 5) is 15.1. The van der Waals surface area contributed by atoms with Crippen molar-refractivity contribution in [2.24, 2.45) is 5.92 Å². The third kappa shape index (κ3) is 4.00. The van der Waals surface area contributed by atoms with Gasteiger partial charge in [-0.15, -0.1) is 0 Å². The molecule has 0 saturated carbocycles. The van der Waals surface area contributed by atoms with Gasteiger partial charge in [0.05, 0.1) is 0 Å². The molecule has 0 radical (unpaired) electrons. The number of hydrogen-bond acceptors (Lipinski definition) is 2. The molecule has 1 N–H and O–H groups in total. The fourth-order valence-corrected chi connectivity index (χ4v) is 3.77. The molecule has 3 rings (SSSR count). The number of nitrogens with zero attached hydrogens (tertiary/aromatic N) is 2. The number of halogens is 1. The molecule has 4 nitrogen and oxygen atoms in total. The number of likely N-dealkylation sites (tertiary alicyclic amines) is 1. The van der Waals surface area contributed by atoms with E-state index in [4.69, 9.17) is 0 Å². The zero-order chi connectivity index (χ0) is 17.1. The largest absolute Gasteiger partial charge is 0.350 e. The Labute approximate surface area is 157 Å². The Kier molecular flexibility index (Phi) is 5.61. The number of rotatable bonds is 5. The summed E-state index contributed by atoms with van der Waals surface area (Å²) in [5, 5.41) is 3.12. The van der Waals surface area contributed by atoms with Gasteiger partial charge >= 0.3 is 0 Å². The lowest BCUT2D eigenvalue weighted by Crippen LogP contribution is -2.33. The summed E-state index contributed by atoms with van der Waals surface area (Å²) in [6, 6.07) is 12.6. The smallest absolute Gasteiger partial charge is 0.268 e. The first kappa shape index (κ1) is 17.5. The van der Waals surface area contributed by atoms with Crippen molar-refractivity contribution < 1.29 is 4.79 Å². The topological polar surface area (TPSA) is 37.3 Å². The number of amides is 1. The molecule has 1 saturated heterocycles. The minimum Gasteiger partial charge on any atom is -0.350 e. The van der Waals surface area contributed by atoms with E-state index in [1.807, 2.05) is 41.1 Å². The van der Waals surface area contributed by atoms with Crippen LogP contribution in [0.5, 0.6) is 0 Å². The summed E-state index contributed by atoms with van der Waals surface area (Å²) < 4.78 is 3.11. The van der Waals surface area contributed by atoms with Crippen molar-refractivity contribution in [3.63, 3.8) is 0 Å². The number of carbonyl (C=O) groups is 1. The molecule has 0 bridgehead atoms. The highest BCUT2D eigenvalue weighted by atomic mass is 127. The lowest BCUT2D eigenvalue weighted by atomic mass is 10.1. The molecule has 1 aliphatic rings. The fourth-order valence-electron chi connectivity index (χ4n) is 3.24. The van der Waals surface area contributed by atoms with E-state index in [1.54, 1.807) is 0 Å². The molecule has 1 atom stereocenters. The van der Waals surface area contributed by atoms with Gasteiger partial charge in [-0.25, -0.2) is 0 Å². The Morgan fingerprint density at radius 3 is 2.88 bits per heavy atom. The summed E-state index contributed by atoms with van der Waals surface area (Å²) in [6.07, 6.45) is 3.10. The van der Waals surface area contributed by atoms with Crippen LogP contribution in [0, 0.1) is 9.49 Å². The number of aromatic nitrogens is 1. The van der Waals surface area contributed by atoms with Gasteiger partial charge in [0.25, 0.3) is 5.91 Å². The van der Waals surface area contributed by atoms with Crippen molar-refractivity contribution in [2.45, 2.75) is 26.3 Å². The summed E-state index contributed by atoms with van der Waals surface area (Å²) >= 11 is 2.29. The molecule has 1 fully saturated rings. The normalized spacial score (nSPS) is 18.2. The monoisotopic (exact) mass is 437 g/mol. The maximum Gasteiger partial charge on any atom is 0.268 e. The minimum absolute atomic E-state index is 0.00172. The van der Waals surface area contributed by atoms with Crippen LogP contribution in [0.15, 0.2) is 42.6 Å². The van der Waals surface area contributed by atoms with E-state index >= 15 is 0 Å². The van der Waals surface area contributed by atoms with E-state index in [0.717, 1.165) is 35.3 Å². The van der Waals surface area contributed by atoms with Crippen molar-refractivity contribution in [1.82, 2.24) is 14.8 Å². The Morgan fingerprint density at radius 2 is 2.17 bits per heavy atom. The molecule has 2 heterocycles. The predicted molar refractivity (Wildman–Crippen MR) is 106 cm³/mol. The van der Waals surface area contributed by atoms with Gasteiger partial charge in [-0.2, -0.15) is 0 Å². The second-order valence-electron chi connectivity index (χ2n) is 6.70. The van der Waals surface area contributed by atoms with Crippen molar-refractivity contribution in [3.05, 3.63) is 51.9 Å². The van der Waals surface area contributed by atoms with Crippen LogP contribution in [-0.2, 0) is 0 Å². The highest BCUT2D eigenvalue weighted by Gasteiger charge is 2.24. The molecule has 0 spiro atoms. The van der Waals surface area contributed by atoms with E-state index in [9.17, 15) is 4.79 Å². The highest BCUT2D eigenvalue weighted by Crippen LogP contribution is 2.19. The van der Waals surface area contributed by atoms with Gasteiger partial charge in [0.15, 0.2) is 0 Å². The molecule has 1 aromatic carbocycles. The Hall–Kier alpha value is -1.34. The van der Waals surface area contributed by atoms with Crippen molar-refractivity contribution >= 4 is 28.5 Å². The van der Waals surface area contributed by atoms with E-state index < -0.39 is 0 Å². The Balaban J connectivity index is 1.64. The van der Waals surface area contributed by atoms with Gasteiger partial charge in [0, 0.05) is 34.6 Å². The number of nitrogens with one attached hydrogen (secondary N) is 1. The van der Waals surface area contributed by atoms with Crippen LogP contribution < -0.4 is 5.32 Å². The molecule has 24 heavy (non-hydrogen) atoms. The first-order valence-electron chi connectivity index (χ1n) is 8.50. The fraction of sp³-hybridized carbons (Fsp3) is 0.421. The van der Waals surface area contributed by atoms with Gasteiger partial charge in [-0.3, -0.25) is 4.79 Å². The van der Waals surface area contributed by atoms with Gasteiger partial charge < -0.3 is 14.8 Å². The Bertz CT molecular complexity index is 710. The van der Waals surface area contributed by atoms with Crippen LogP contribution in [0.1, 0.15) is 30.8 Å². The Morgan fingerprint density at radius 1 is 1.33 bits per heavy atom. The summed E-state index contributed by atoms with van der Waals surface area (Å²) in [5.41, 5.74) is 1.71. The molecule has 1 aromatic heterocycles. The highest BCUT2D eigenvalue weighted by molar-refractivity contribution is 14.1. The van der Waals surface area contributed by atoms with Crippen molar-refractivity contribution in [1.29, 1.82) is 0 Å². The van der Waals surface area contributed by atoms with E-state index in [-0.39, 0.29) is 5.91 Å². The molecule has 1 unspecified atom stereocenters. The van der Waals surface area contributed by atoms with Crippen LogP contribution in [-0.4, -0.2) is 41.1 Å². The van der Waals surface area contributed by atoms with Crippen molar-refractivity contribution in [2.75, 3.05) is 19.6 Å². The summed E-state index contributed by atoms with van der Waals surface area (Å²) in [6.45, 7) is 7.43. The minimum atomic E-state index is 0.00172. The van der Waals surface area contributed by atoms with Crippen LogP contribution in [0.4, 0.5) is 0 Å². The third-order valence-electron chi connectivity index (χ3n) is 4.67. The first-order valence-corrected chi connectivity index (χ1v) is 9.58. The standard InChI is InChI=1S/C19H24IN3O/c1-14(2)22-10-8-15(13-22)12-21-19(24)18-7-4-9-23(18)17-6-3-5-16(20)11-17/h3-7,9,11,14-15H,8,10,12-13H2,1-2H3,(H,21,24). The van der Waals surface area contributed by atoms with E-state index in [1.165, 1.54) is 0 Å². The molecule has 1 amide bonds. The van der Waals surface area contributed by atoms with Gasteiger partial charge in [-0.1, -0.05) is 6.07 Å².